The predicted octanol–water partition coefficient (Wildman–Crippen LogP) is 6.74. The zero-order valence-electron chi connectivity index (χ0n) is 17.5. The predicted molar refractivity (Wildman–Crippen MR) is 127 cm³/mol. The largest absolute Gasteiger partial charge is 0.278 e. The highest BCUT2D eigenvalue weighted by molar-refractivity contribution is 5.97. The summed E-state index contributed by atoms with van der Waals surface area (Å²) in [6, 6.07) is 32.5. The summed E-state index contributed by atoms with van der Waals surface area (Å²) in [6.07, 6.45) is 0. The number of rotatable bonds is 1. The fourth-order valence-corrected chi connectivity index (χ4v) is 5.42. The third kappa shape index (κ3) is 2.05. The van der Waals surface area contributed by atoms with E-state index in [0.29, 0.717) is 0 Å². The van der Waals surface area contributed by atoms with Crippen LogP contribution in [0.25, 0.3) is 44.7 Å². The molecule has 2 aromatic heterocycles. The number of imidazole rings is 2. The molecule has 0 N–H and O–H groups in total. The lowest BCUT2D eigenvalue weighted by atomic mass is 9.82. The molecule has 0 atom stereocenters. The summed E-state index contributed by atoms with van der Waals surface area (Å²) >= 11 is 0. The third-order valence-corrected chi connectivity index (χ3v) is 6.92. The summed E-state index contributed by atoms with van der Waals surface area (Å²) in [5.41, 5.74) is 11.1. The number of hydrogen-bond acceptors (Lipinski definition) is 1. The van der Waals surface area contributed by atoms with Gasteiger partial charge in [0.1, 0.15) is 0 Å². The van der Waals surface area contributed by atoms with Crippen molar-refractivity contribution in [1.82, 2.24) is 14.0 Å². The fourth-order valence-electron chi connectivity index (χ4n) is 5.42. The molecule has 0 spiro atoms. The van der Waals surface area contributed by atoms with E-state index in [-0.39, 0.29) is 5.41 Å². The molecular formula is C28H21N3. The molecule has 4 aromatic carbocycles. The van der Waals surface area contributed by atoms with Crippen LogP contribution in [0.4, 0.5) is 0 Å². The number of benzene rings is 4. The molecule has 0 amide bonds. The van der Waals surface area contributed by atoms with Crippen LogP contribution in [-0.2, 0) is 5.41 Å². The summed E-state index contributed by atoms with van der Waals surface area (Å²) < 4.78 is 4.61. The third-order valence-electron chi connectivity index (χ3n) is 6.92. The molecule has 3 nitrogen and oxygen atoms in total. The van der Waals surface area contributed by atoms with E-state index in [4.69, 9.17) is 4.98 Å². The summed E-state index contributed by atoms with van der Waals surface area (Å²) in [4.78, 5) is 5.04. The van der Waals surface area contributed by atoms with Gasteiger partial charge in [0.15, 0.2) is 0 Å². The van der Waals surface area contributed by atoms with Crippen molar-refractivity contribution >= 4 is 27.8 Å². The van der Waals surface area contributed by atoms with Gasteiger partial charge in [0.25, 0.3) is 0 Å². The fraction of sp³-hybridized carbons (Fsp3) is 0.107. The molecule has 7 rings (SSSR count). The molecule has 1 aliphatic carbocycles. The average Bonchev–Trinajstić information content (AvgIpc) is 3.39. The van der Waals surface area contributed by atoms with E-state index < -0.39 is 0 Å². The molecule has 2 heterocycles. The van der Waals surface area contributed by atoms with E-state index in [1.54, 1.807) is 0 Å². The highest BCUT2D eigenvalue weighted by Gasteiger charge is 2.36. The lowest BCUT2D eigenvalue weighted by Crippen LogP contribution is -2.15. The molecule has 0 radical (unpaired) electrons. The van der Waals surface area contributed by atoms with Crippen LogP contribution < -0.4 is 0 Å². The van der Waals surface area contributed by atoms with Crippen LogP contribution >= 0.6 is 0 Å². The Bertz CT molecular complexity index is 1650. The van der Waals surface area contributed by atoms with Gasteiger partial charge < -0.3 is 0 Å². The maximum Gasteiger partial charge on any atom is 0.220 e. The molecule has 0 aliphatic heterocycles. The van der Waals surface area contributed by atoms with Crippen LogP contribution in [0.5, 0.6) is 0 Å². The van der Waals surface area contributed by atoms with Gasteiger partial charge in [-0.25, -0.2) is 4.98 Å². The van der Waals surface area contributed by atoms with Crippen LogP contribution in [0.3, 0.4) is 0 Å². The molecule has 0 saturated carbocycles. The zero-order valence-corrected chi connectivity index (χ0v) is 17.5. The van der Waals surface area contributed by atoms with Crippen LogP contribution in [0.2, 0.25) is 0 Å². The van der Waals surface area contributed by atoms with Crippen molar-refractivity contribution in [3.8, 4) is 16.8 Å². The molecule has 0 bridgehead atoms. The standard InChI is InChI=1S/C28H21N3/c1-28(2)21-13-7-6-12-19(21)20-16-25-26(17-22(20)28)30(18-10-4-3-5-11-18)27-29-23-14-8-9-15-24(23)31(25)27/h3-17H,1-2H3. The minimum absolute atomic E-state index is 0.0317. The summed E-state index contributed by atoms with van der Waals surface area (Å²) in [7, 11) is 0. The number of aromatic nitrogens is 3. The van der Waals surface area contributed by atoms with Gasteiger partial charge in [0.05, 0.1) is 22.1 Å². The first kappa shape index (κ1) is 16.9. The second-order valence-corrected chi connectivity index (χ2v) is 8.96. The van der Waals surface area contributed by atoms with Gasteiger partial charge in [0.2, 0.25) is 5.78 Å². The lowest BCUT2D eigenvalue weighted by molar-refractivity contribution is 0.661. The molecule has 31 heavy (non-hydrogen) atoms. The molecule has 3 heteroatoms. The highest BCUT2D eigenvalue weighted by atomic mass is 15.2. The first-order valence-corrected chi connectivity index (χ1v) is 10.8. The van der Waals surface area contributed by atoms with E-state index in [0.717, 1.165) is 22.5 Å². The van der Waals surface area contributed by atoms with Crippen molar-refractivity contribution in [2.24, 2.45) is 0 Å². The van der Waals surface area contributed by atoms with Crippen LogP contribution in [0, 0.1) is 0 Å². The summed E-state index contributed by atoms with van der Waals surface area (Å²) in [6.45, 7) is 4.67. The summed E-state index contributed by atoms with van der Waals surface area (Å²) in [5.74, 6) is 0.956. The maximum atomic E-state index is 5.04. The molecule has 1 aliphatic rings. The smallest absolute Gasteiger partial charge is 0.220 e. The topological polar surface area (TPSA) is 22.2 Å². The highest BCUT2D eigenvalue weighted by Crippen LogP contribution is 2.50. The van der Waals surface area contributed by atoms with Crippen LogP contribution in [0.15, 0.2) is 91.0 Å². The van der Waals surface area contributed by atoms with E-state index >= 15 is 0 Å². The van der Waals surface area contributed by atoms with Gasteiger partial charge in [-0.05, 0) is 58.7 Å². The van der Waals surface area contributed by atoms with E-state index in [1.165, 1.54) is 33.3 Å². The Morgan fingerprint density at radius 1 is 0.645 bits per heavy atom. The van der Waals surface area contributed by atoms with Crippen molar-refractivity contribution < 1.29 is 0 Å². The van der Waals surface area contributed by atoms with Crippen molar-refractivity contribution in [2.75, 3.05) is 0 Å². The SMILES string of the molecule is CC1(C)c2ccccc2-c2cc3c(cc21)n(-c1ccccc1)c1nc2ccccc2n31. The second-order valence-electron chi connectivity index (χ2n) is 8.96. The first-order chi connectivity index (χ1) is 15.1. The number of nitrogens with zero attached hydrogens (tertiary/aromatic N) is 3. The van der Waals surface area contributed by atoms with Gasteiger partial charge in [0, 0.05) is 11.1 Å². The Labute approximate surface area is 180 Å². The van der Waals surface area contributed by atoms with Crippen molar-refractivity contribution in [3.63, 3.8) is 0 Å². The van der Waals surface area contributed by atoms with E-state index in [9.17, 15) is 0 Å². The van der Waals surface area contributed by atoms with E-state index in [1.807, 2.05) is 0 Å². The zero-order chi connectivity index (χ0) is 20.7. The Kier molecular flexibility index (Phi) is 3.07. The van der Waals surface area contributed by atoms with Gasteiger partial charge >= 0.3 is 0 Å². The quantitative estimate of drug-likeness (QED) is 0.300. The van der Waals surface area contributed by atoms with E-state index in [2.05, 4.69) is 114 Å². The average molecular weight is 399 g/mol. The number of para-hydroxylation sites is 3. The molecule has 6 aromatic rings. The van der Waals surface area contributed by atoms with Crippen LogP contribution in [-0.4, -0.2) is 14.0 Å². The van der Waals surface area contributed by atoms with Crippen LogP contribution in [0.1, 0.15) is 25.0 Å². The minimum atomic E-state index is -0.0317. The first-order valence-electron chi connectivity index (χ1n) is 10.8. The molecule has 0 fully saturated rings. The van der Waals surface area contributed by atoms with Gasteiger partial charge in [-0.3, -0.25) is 8.97 Å². The van der Waals surface area contributed by atoms with Gasteiger partial charge in [-0.2, -0.15) is 0 Å². The Morgan fingerprint density at radius 2 is 1.39 bits per heavy atom. The Morgan fingerprint density at radius 3 is 2.26 bits per heavy atom. The monoisotopic (exact) mass is 399 g/mol. The van der Waals surface area contributed by atoms with Gasteiger partial charge in [-0.15, -0.1) is 0 Å². The number of hydrogen-bond donors (Lipinski definition) is 0. The van der Waals surface area contributed by atoms with Crippen molar-refractivity contribution in [1.29, 1.82) is 0 Å². The lowest BCUT2D eigenvalue weighted by Gasteiger charge is -2.21. The molecular weight excluding hydrogens is 378 g/mol. The van der Waals surface area contributed by atoms with Crippen molar-refractivity contribution in [3.05, 3.63) is 102 Å². The normalized spacial score (nSPS) is 14.4. The number of fused-ring (bicyclic) bond motifs is 8. The Balaban J connectivity index is 1.70. The van der Waals surface area contributed by atoms with Crippen molar-refractivity contribution in [2.45, 2.75) is 19.3 Å². The van der Waals surface area contributed by atoms with Gasteiger partial charge in [-0.1, -0.05) is 68.4 Å². The summed E-state index contributed by atoms with van der Waals surface area (Å²) in [5, 5.41) is 0. The minimum Gasteiger partial charge on any atom is -0.278 e. The molecule has 0 saturated heterocycles. The Hall–Kier alpha value is -3.85. The maximum absolute atomic E-state index is 5.04. The molecule has 148 valence electrons. The molecule has 0 unspecified atom stereocenters. The second kappa shape index (κ2) is 5.64.